The molecule has 23 heavy (non-hydrogen) atoms. The number of esters is 1. The van der Waals surface area contributed by atoms with Crippen LogP contribution in [0.1, 0.15) is 44.6 Å². The normalized spacial score (nSPS) is 10.6. The van der Waals surface area contributed by atoms with E-state index in [1.54, 1.807) is 20.8 Å². The van der Waals surface area contributed by atoms with Crippen molar-refractivity contribution in [3.8, 4) is 0 Å². The summed E-state index contributed by atoms with van der Waals surface area (Å²) < 4.78 is 5.01. The monoisotopic (exact) mass is 331 g/mol. The van der Waals surface area contributed by atoms with Gasteiger partial charge in [0, 0.05) is 16.2 Å². The SMILES string of the molecule is CCOC(=O)c1[nH]c(C)c(C(=O)CSc2cccc(C)c2)c1C. The molecule has 4 nitrogen and oxygen atoms in total. The van der Waals surface area contributed by atoms with Crippen molar-refractivity contribution in [3.05, 3.63) is 52.3 Å². The second-order valence-electron chi connectivity index (χ2n) is 5.37. The molecule has 2 rings (SSSR count). The third-order valence-corrected chi connectivity index (χ3v) is 4.55. The van der Waals surface area contributed by atoms with Gasteiger partial charge in [-0.05, 0) is 45.4 Å². The first kappa shape index (κ1) is 17.3. The number of rotatable bonds is 6. The molecule has 122 valence electrons. The topological polar surface area (TPSA) is 59.2 Å². The number of ketones is 1. The highest BCUT2D eigenvalue weighted by Gasteiger charge is 2.22. The molecule has 0 saturated carbocycles. The number of aromatic nitrogens is 1. The summed E-state index contributed by atoms with van der Waals surface area (Å²) in [7, 11) is 0. The average molecular weight is 331 g/mol. The van der Waals surface area contributed by atoms with Gasteiger partial charge < -0.3 is 9.72 Å². The zero-order valence-corrected chi connectivity index (χ0v) is 14.7. The number of nitrogens with one attached hydrogen (secondary N) is 1. The molecule has 5 heteroatoms. The Balaban J connectivity index is 2.15. The van der Waals surface area contributed by atoms with Crippen molar-refractivity contribution < 1.29 is 14.3 Å². The van der Waals surface area contributed by atoms with Crippen molar-refractivity contribution in [3.63, 3.8) is 0 Å². The minimum atomic E-state index is -0.418. The van der Waals surface area contributed by atoms with Gasteiger partial charge in [-0.1, -0.05) is 17.7 Å². The van der Waals surface area contributed by atoms with E-state index >= 15 is 0 Å². The number of H-pyrrole nitrogens is 1. The summed E-state index contributed by atoms with van der Waals surface area (Å²) in [5, 5.41) is 0. The fourth-order valence-corrected chi connectivity index (χ4v) is 3.39. The first-order valence-electron chi connectivity index (χ1n) is 7.53. The van der Waals surface area contributed by atoms with Crippen LogP contribution in [-0.4, -0.2) is 29.1 Å². The molecular weight excluding hydrogens is 310 g/mol. The molecule has 1 aromatic heterocycles. The van der Waals surface area contributed by atoms with Gasteiger partial charge in [-0.15, -0.1) is 11.8 Å². The maximum atomic E-state index is 12.5. The number of ether oxygens (including phenoxy) is 1. The summed E-state index contributed by atoms with van der Waals surface area (Å²) in [4.78, 5) is 28.5. The maximum absolute atomic E-state index is 12.5. The lowest BCUT2D eigenvalue weighted by Crippen LogP contribution is -2.08. The largest absolute Gasteiger partial charge is 0.461 e. The van der Waals surface area contributed by atoms with Gasteiger partial charge in [-0.3, -0.25) is 4.79 Å². The Morgan fingerprint density at radius 1 is 1.22 bits per heavy atom. The van der Waals surface area contributed by atoms with Crippen LogP contribution in [-0.2, 0) is 4.74 Å². The predicted octanol–water partition coefficient (Wildman–Crippen LogP) is 4.09. The van der Waals surface area contributed by atoms with Crippen LogP contribution in [0.15, 0.2) is 29.2 Å². The van der Waals surface area contributed by atoms with Crippen LogP contribution in [0.25, 0.3) is 0 Å². The fourth-order valence-electron chi connectivity index (χ4n) is 2.50. The number of hydrogen-bond acceptors (Lipinski definition) is 4. The minimum absolute atomic E-state index is 0.0123. The number of carbonyl (C=O) groups excluding carboxylic acids is 2. The van der Waals surface area contributed by atoms with E-state index in [9.17, 15) is 9.59 Å². The van der Waals surface area contributed by atoms with Gasteiger partial charge in [-0.2, -0.15) is 0 Å². The van der Waals surface area contributed by atoms with Gasteiger partial charge in [0.1, 0.15) is 5.69 Å². The third-order valence-electron chi connectivity index (χ3n) is 3.56. The smallest absolute Gasteiger partial charge is 0.355 e. The lowest BCUT2D eigenvalue weighted by atomic mass is 10.1. The third kappa shape index (κ3) is 4.05. The first-order valence-corrected chi connectivity index (χ1v) is 8.51. The number of Topliss-reactive ketones (excluding diaryl/α,β-unsaturated/α-hetero) is 1. The molecule has 1 aromatic carbocycles. The molecule has 0 unspecified atom stereocenters. The van der Waals surface area contributed by atoms with E-state index in [4.69, 9.17) is 4.74 Å². The van der Waals surface area contributed by atoms with Gasteiger partial charge in [0.15, 0.2) is 5.78 Å². The Bertz CT molecular complexity index is 734. The lowest BCUT2D eigenvalue weighted by Gasteiger charge is -2.04. The van der Waals surface area contributed by atoms with Crippen molar-refractivity contribution in [2.45, 2.75) is 32.6 Å². The summed E-state index contributed by atoms with van der Waals surface area (Å²) in [5.74, 6) is -0.0672. The Labute approximate surface area is 140 Å². The number of aromatic amines is 1. The molecule has 0 aliphatic heterocycles. The van der Waals surface area contributed by atoms with Crippen molar-refractivity contribution in [1.29, 1.82) is 0 Å². The fraction of sp³-hybridized carbons (Fsp3) is 0.333. The molecular formula is C18H21NO3S. The van der Waals surface area contributed by atoms with Crippen molar-refractivity contribution in [1.82, 2.24) is 4.98 Å². The van der Waals surface area contributed by atoms with Crippen LogP contribution in [0.4, 0.5) is 0 Å². The van der Waals surface area contributed by atoms with Crippen LogP contribution in [0.2, 0.25) is 0 Å². The van der Waals surface area contributed by atoms with Crippen LogP contribution in [0, 0.1) is 20.8 Å². The molecule has 0 spiro atoms. The van der Waals surface area contributed by atoms with Crippen molar-refractivity contribution >= 4 is 23.5 Å². The Kier molecular flexibility index (Phi) is 5.66. The van der Waals surface area contributed by atoms with Crippen LogP contribution in [0.3, 0.4) is 0 Å². The quantitative estimate of drug-likeness (QED) is 0.492. The predicted molar refractivity (Wildman–Crippen MR) is 92.5 cm³/mol. The molecule has 0 saturated heterocycles. The molecule has 0 radical (unpaired) electrons. The summed E-state index contributed by atoms with van der Waals surface area (Å²) in [5.41, 5.74) is 3.50. The molecule has 0 fully saturated rings. The number of hydrogen-bond donors (Lipinski definition) is 1. The minimum Gasteiger partial charge on any atom is -0.461 e. The number of thioether (sulfide) groups is 1. The zero-order chi connectivity index (χ0) is 17.0. The van der Waals surface area contributed by atoms with E-state index in [2.05, 4.69) is 11.1 Å². The second-order valence-corrected chi connectivity index (χ2v) is 6.42. The van der Waals surface area contributed by atoms with E-state index in [1.807, 2.05) is 25.1 Å². The highest BCUT2D eigenvalue weighted by molar-refractivity contribution is 8.00. The number of benzene rings is 1. The summed E-state index contributed by atoms with van der Waals surface area (Å²) >= 11 is 1.50. The van der Waals surface area contributed by atoms with Crippen molar-refractivity contribution in [2.75, 3.05) is 12.4 Å². The van der Waals surface area contributed by atoms with Gasteiger partial charge >= 0.3 is 5.97 Å². The van der Waals surface area contributed by atoms with Crippen molar-refractivity contribution in [2.24, 2.45) is 0 Å². The molecule has 1 heterocycles. The van der Waals surface area contributed by atoms with Crippen LogP contribution >= 0.6 is 11.8 Å². The summed E-state index contributed by atoms with van der Waals surface area (Å²) in [6.45, 7) is 7.68. The summed E-state index contributed by atoms with van der Waals surface area (Å²) in [6.07, 6.45) is 0. The molecule has 1 N–H and O–H groups in total. The second kappa shape index (κ2) is 7.51. The van der Waals surface area contributed by atoms with Gasteiger partial charge in [0.2, 0.25) is 0 Å². The van der Waals surface area contributed by atoms with E-state index < -0.39 is 5.97 Å². The first-order chi connectivity index (χ1) is 10.9. The maximum Gasteiger partial charge on any atom is 0.355 e. The van der Waals surface area contributed by atoms with E-state index in [0.29, 0.717) is 34.9 Å². The molecule has 2 aromatic rings. The zero-order valence-electron chi connectivity index (χ0n) is 13.9. The molecule has 0 amide bonds. The Morgan fingerprint density at radius 3 is 2.61 bits per heavy atom. The van der Waals surface area contributed by atoms with Crippen LogP contribution in [0.5, 0.6) is 0 Å². The van der Waals surface area contributed by atoms with Crippen LogP contribution < -0.4 is 0 Å². The number of aryl methyl sites for hydroxylation is 2. The average Bonchev–Trinajstić information content (AvgIpc) is 2.80. The number of carbonyl (C=O) groups is 2. The van der Waals surface area contributed by atoms with E-state index in [0.717, 1.165) is 4.90 Å². The van der Waals surface area contributed by atoms with E-state index in [1.165, 1.54) is 17.3 Å². The molecule has 0 atom stereocenters. The lowest BCUT2D eigenvalue weighted by molar-refractivity contribution is 0.0519. The van der Waals surface area contributed by atoms with E-state index in [-0.39, 0.29) is 5.78 Å². The summed E-state index contributed by atoms with van der Waals surface area (Å²) in [6, 6.07) is 8.05. The molecule has 0 aliphatic rings. The molecule has 0 bridgehead atoms. The van der Waals surface area contributed by atoms with Gasteiger partial charge in [-0.25, -0.2) is 4.79 Å². The Hall–Kier alpha value is -2.01. The van der Waals surface area contributed by atoms with Gasteiger partial charge in [0.05, 0.1) is 12.4 Å². The highest BCUT2D eigenvalue weighted by atomic mass is 32.2. The highest BCUT2D eigenvalue weighted by Crippen LogP contribution is 2.24. The van der Waals surface area contributed by atoms with Gasteiger partial charge in [0.25, 0.3) is 0 Å². The molecule has 0 aliphatic carbocycles. The standard InChI is InChI=1S/C18H21NO3S/c1-5-22-18(21)17-12(3)16(13(4)19-17)15(20)10-23-14-8-6-7-11(2)9-14/h6-9,19H,5,10H2,1-4H3. The Morgan fingerprint density at radius 2 is 1.96 bits per heavy atom.